The van der Waals surface area contributed by atoms with E-state index in [0.717, 1.165) is 11.8 Å². The van der Waals surface area contributed by atoms with E-state index >= 15 is 0 Å². The van der Waals surface area contributed by atoms with Crippen LogP contribution in [0.15, 0.2) is 12.5 Å². The highest BCUT2D eigenvalue weighted by molar-refractivity contribution is 5.12. The molecule has 2 fully saturated rings. The molecule has 1 N–H and O–H groups in total. The summed E-state index contributed by atoms with van der Waals surface area (Å²) >= 11 is 0. The topological polar surface area (TPSA) is 29.9 Å². The molecule has 0 atom stereocenters. The largest absolute Gasteiger partial charge is 0.334 e. The van der Waals surface area contributed by atoms with Crippen molar-refractivity contribution >= 4 is 0 Å². The van der Waals surface area contributed by atoms with Crippen LogP contribution in [0.25, 0.3) is 0 Å². The zero-order valence-corrected chi connectivity index (χ0v) is 7.74. The molecule has 3 rings (SSSR count). The quantitative estimate of drug-likeness (QED) is 0.746. The van der Waals surface area contributed by atoms with Gasteiger partial charge in [-0.05, 0) is 12.8 Å². The first-order valence-corrected chi connectivity index (χ1v) is 5.14. The van der Waals surface area contributed by atoms with Crippen LogP contribution in [-0.2, 0) is 6.54 Å². The molecule has 1 aliphatic heterocycles. The van der Waals surface area contributed by atoms with E-state index in [4.69, 9.17) is 0 Å². The minimum absolute atomic E-state index is 0.829. The molecular weight excluding hydrogens is 162 g/mol. The minimum atomic E-state index is 0.829. The summed E-state index contributed by atoms with van der Waals surface area (Å²) in [6.07, 6.45) is 6.78. The molecule has 0 spiro atoms. The summed E-state index contributed by atoms with van der Waals surface area (Å²) in [6.45, 7) is 3.53. The number of nitrogens with zero attached hydrogens (tertiary/aromatic N) is 2. The molecule has 0 bridgehead atoms. The Balaban J connectivity index is 1.74. The van der Waals surface area contributed by atoms with Crippen LogP contribution in [0.1, 0.15) is 24.5 Å². The molecule has 0 unspecified atom stereocenters. The highest BCUT2D eigenvalue weighted by Crippen LogP contribution is 2.39. The molecule has 13 heavy (non-hydrogen) atoms. The van der Waals surface area contributed by atoms with E-state index in [1.165, 1.54) is 38.2 Å². The third-order valence-electron chi connectivity index (χ3n) is 3.06. The Morgan fingerprint density at radius 1 is 1.46 bits per heavy atom. The molecule has 0 aromatic carbocycles. The predicted octanol–water partition coefficient (Wildman–Crippen LogP) is 0.980. The summed E-state index contributed by atoms with van der Waals surface area (Å²) in [5.41, 5.74) is 1.46. The van der Waals surface area contributed by atoms with Gasteiger partial charge in [-0.25, -0.2) is 4.98 Å². The van der Waals surface area contributed by atoms with Crippen molar-refractivity contribution in [1.82, 2.24) is 14.9 Å². The Morgan fingerprint density at radius 3 is 2.92 bits per heavy atom. The molecule has 3 heteroatoms. The number of imidazole rings is 1. The lowest BCUT2D eigenvalue weighted by molar-refractivity contribution is 0.304. The molecule has 2 aliphatic rings. The lowest BCUT2D eigenvalue weighted by Gasteiger charge is -2.27. The Bertz CT molecular complexity index is 297. The molecule has 1 aromatic rings. The average Bonchev–Trinajstić information content (AvgIpc) is 2.79. The second-order valence-electron chi connectivity index (χ2n) is 4.27. The molecular formula is C10H15N3. The number of nitrogens with one attached hydrogen (secondary N) is 1. The molecule has 0 radical (unpaired) electrons. The molecule has 0 amide bonds. The summed E-state index contributed by atoms with van der Waals surface area (Å²) in [6, 6.07) is 0. The SMILES string of the molecule is c1ncn(CC2CNC2)c1C1CC1. The summed E-state index contributed by atoms with van der Waals surface area (Å²) in [5.74, 6) is 1.67. The van der Waals surface area contributed by atoms with E-state index < -0.39 is 0 Å². The maximum absolute atomic E-state index is 4.24. The third-order valence-corrected chi connectivity index (χ3v) is 3.06. The van der Waals surface area contributed by atoms with E-state index in [9.17, 15) is 0 Å². The Labute approximate surface area is 78.2 Å². The van der Waals surface area contributed by atoms with Crippen LogP contribution in [-0.4, -0.2) is 22.6 Å². The fourth-order valence-corrected chi connectivity index (χ4v) is 1.96. The van der Waals surface area contributed by atoms with Crippen molar-refractivity contribution in [3.05, 3.63) is 18.2 Å². The Hall–Kier alpha value is -0.830. The highest BCUT2D eigenvalue weighted by atomic mass is 15.1. The molecule has 1 aliphatic carbocycles. The van der Waals surface area contributed by atoms with Gasteiger partial charge in [-0.1, -0.05) is 0 Å². The van der Waals surface area contributed by atoms with Crippen LogP contribution >= 0.6 is 0 Å². The average molecular weight is 177 g/mol. The van der Waals surface area contributed by atoms with Crippen molar-refractivity contribution in [2.75, 3.05) is 13.1 Å². The van der Waals surface area contributed by atoms with Crippen molar-refractivity contribution < 1.29 is 0 Å². The van der Waals surface area contributed by atoms with E-state index in [0.29, 0.717) is 0 Å². The van der Waals surface area contributed by atoms with Gasteiger partial charge in [0.05, 0.1) is 6.33 Å². The zero-order valence-electron chi connectivity index (χ0n) is 7.74. The van der Waals surface area contributed by atoms with E-state index in [1.54, 1.807) is 0 Å². The van der Waals surface area contributed by atoms with E-state index in [-0.39, 0.29) is 0 Å². The maximum Gasteiger partial charge on any atom is 0.0948 e. The van der Waals surface area contributed by atoms with Crippen LogP contribution in [0.5, 0.6) is 0 Å². The van der Waals surface area contributed by atoms with Crippen LogP contribution in [0, 0.1) is 5.92 Å². The standard InChI is InChI=1S/C10H15N3/c1-2-9(1)10-5-12-7-13(10)6-8-3-11-4-8/h5,7-9,11H,1-4,6H2. The second kappa shape index (κ2) is 2.84. The van der Waals surface area contributed by atoms with Crippen LogP contribution < -0.4 is 5.32 Å². The smallest absolute Gasteiger partial charge is 0.0948 e. The second-order valence-corrected chi connectivity index (χ2v) is 4.27. The van der Waals surface area contributed by atoms with Crippen molar-refractivity contribution in [2.24, 2.45) is 5.92 Å². The molecule has 1 saturated heterocycles. The first-order valence-electron chi connectivity index (χ1n) is 5.14. The van der Waals surface area contributed by atoms with Gasteiger partial charge in [0.2, 0.25) is 0 Å². The monoisotopic (exact) mass is 177 g/mol. The van der Waals surface area contributed by atoms with Gasteiger partial charge in [-0.15, -0.1) is 0 Å². The van der Waals surface area contributed by atoms with Crippen molar-refractivity contribution in [1.29, 1.82) is 0 Å². The van der Waals surface area contributed by atoms with Crippen LogP contribution in [0.4, 0.5) is 0 Å². The summed E-state index contributed by atoms with van der Waals surface area (Å²) in [5, 5.41) is 3.30. The molecule has 2 heterocycles. The first kappa shape index (κ1) is 7.56. The number of hydrogen-bond donors (Lipinski definition) is 1. The van der Waals surface area contributed by atoms with Gasteiger partial charge >= 0.3 is 0 Å². The molecule has 70 valence electrons. The normalized spacial score (nSPS) is 23.1. The summed E-state index contributed by atoms with van der Waals surface area (Å²) < 4.78 is 2.35. The summed E-state index contributed by atoms with van der Waals surface area (Å²) in [4.78, 5) is 4.24. The highest BCUT2D eigenvalue weighted by Gasteiger charge is 2.28. The van der Waals surface area contributed by atoms with E-state index in [1.807, 2.05) is 12.5 Å². The van der Waals surface area contributed by atoms with Gasteiger partial charge in [-0.2, -0.15) is 0 Å². The van der Waals surface area contributed by atoms with Gasteiger partial charge in [0, 0.05) is 43.4 Å². The van der Waals surface area contributed by atoms with E-state index in [2.05, 4.69) is 14.9 Å². The maximum atomic E-state index is 4.24. The Morgan fingerprint density at radius 2 is 2.31 bits per heavy atom. The van der Waals surface area contributed by atoms with Crippen molar-refractivity contribution in [3.63, 3.8) is 0 Å². The summed E-state index contributed by atoms with van der Waals surface area (Å²) in [7, 11) is 0. The molecule has 1 aromatic heterocycles. The fraction of sp³-hybridized carbons (Fsp3) is 0.700. The zero-order chi connectivity index (χ0) is 8.67. The lowest BCUT2D eigenvalue weighted by atomic mass is 10.0. The van der Waals surface area contributed by atoms with Gasteiger partial charge in [0.15, 0.2) is 0 Å². The number of hydrogen-bond acceptors (Lipinski definition) is 2. The molecule has 3 nitrogen and oxygen atoms in total. The Kier molecular flexibility index (Phi) is 1.65. The van der Waals surface area contributed by atoms with Gasteiger partial charge in [-0.3, -0.25) is 0 Å². The fourth-order valence-electron chi connectivity index (χ4n) is 1.96. The molecule has 1 saturated carbocycles. The predicted molar refractivity (Wildman–Crippen MR) is 50.6 cm³/mol. The number of rotatable bonds is 3. The van der Waals surface area contributed by atoms with Crippen molar-refractivity contribution in [3.8, 4) is 0 Å². The minimum Gasteiger partial charge on any atom is -0.334 e. The lowest BCUT2D eigenvalue weighted by Crippen LogP contribution is -2.44. The van der Waals surface area contributed by atoms with Crippen LogP contribution in [0.2, 0.25) is 0 Å². The van der Waals surface area contributed by atoms with Gasteiger partial charge in [0.1, 0.15) is 0 Å². The van der Waals surface area contributed by atoms with Gasteiger partial charge < -0.3 is 9.88 Å². The van der Waals surface area contributed by atoms with Gasteiger partial charge in [0.25, 0.3) is 0 Å². The van der Waals surface area contributed by atoms with Crippen molar-refractivity contribution in [2.45, 2.75) is 25.3 Å². The number of aromatic nitrogens is 2. The first-order chi connectivity index (χ1) is 6.43. The third kappa shape index (κ3) is 1.37. The van der Waals surface area contributed by atoms with Crippen LogP contribution in [0.3, 0.4) is 0 Å².